The summed E-state index contributed by atoms with van der Waals surface area (Å²) in [5.74, 6) is 0.483. The van der Waals surface area contributed by atoms with Crippen molar-refractivity contribution in [3.8, 4) is 5.75 Å². The smallest absolute Gasteiger partial charge is 0.277 e. The first-order valence-corrected chi connectivity index (χ1v) is 8.27. The van der Waals surface area contributed by atoms with Crippen LogP contribution in [0, 0.1) is 13.8 Å². The second-order valence-electron chi connectivity index (χ2n) is 6.16. The Labute approximate surface area is 142 Å². The molecule has 0 aliphatic heterocycles. The lowest BCUT2D eigenvalue weighted by atomic mass is 9.90. The Morgan fingerprint density at radius 1 is 1.17 bits per heavy atom. The van der Waals surface area contributed by atoms with Crippen molar-refractivity contribution < 1.29 is 9.53 Å². The number of rotatable bonds is 4. The molecular formula is C20H22N2O2. The molecular weight excluding hydrogens is 300 g/mol. The molecule has 1 N–H and O–H groups in total. The van der Waals surface area contributed by atoms with Crippen molar-refractivity contribution in [2.24, 2.45) is 5.10 Å². The monoisotopic (exact) mass is 322 g/mol. The topological polar surface area (TPSA) is 50.7 Å². The Kier molecular flexibility index (Phi) is 4.94. The van der Waals surface area contributed by atoms with Gasteiger partial charge in [-0.15, -0.1) is 0 Å². The summed E-state index contributed by atoms with van der Waals surface area (Å²) in [6.45, 7) is 3.96. The Bertz CT molecular complexity index is 781. The SMILES string of the molecule is Cc1ccc(OCC(=O)N/N=C2/CCCc3ccccc32)c(C)c1. The van der Waals surface area contributed by atoms with Gasteiger partial charge in [-0.2, -0.15) is 5.10 Å². The van der Waals surface area contributed by atoms with Crippen LogP contribution in [0.4, 0.5) is 0 Å². The van der Waals surface area contributed by atoms with Gasteiger partial charge in [0.25, 0.3) is 5.91 Å². The molecule has 0 saturated heterocycles. The molecule has 1 aliphatic rings. The lowest BCUT2D eigenvalue weighted by molar-refractivity contribution is -0.123. The highest BCUT2D eigenvalue weighted by Crippen LogP contribution is 2.21. The summed E-state index contributed by atoms with van der Waals surface area (Å²) in [6, 6.07) is 14.1. The number of hydrogen-bond donors (Lipinski definition) is 1. The van der Waals surface area contributed by atoms with Crippen molar-refractivity contribution in [2.75, 3.05) is 6.61 Å². The van der Waals surface area contributed by atoms with Crippen molar-refractivity contribution >= 4 is 11.6 Å². The van der Waals surface area contributed by atoms with Crippen LogP contribution >= 0.6 is 0 Å². The van der Waals surface area contributed by atoms with E-state index in [9.17, 15) is 4.79 Å². The summed E-state index contributed by atoms with van der Waals surface area (Å²) in [5.41, 5.74) is 8.19. The number of amides is 1. The molecule has 0 unspecified atom stereocenters. The molecule has 0 heterocycles. The summed E-state index contributed by atoms with van der Waals surface area (Å²) in [5, 5.41) is 4.31. The summed E-state index contributed by atoms with van der Waals surface area (Å²) >= 11 is 0. The van der Waals surface area contributed by atoms with Crippen molar-refractivity contribution in [3.05, 3.63) is 64.7 Å². The van der Waals surface area contributed by atoms with E-state index in [1.54, 1.807) is 0 Å². The van der Waals surface area contributed by atoms with Crippen LogP contribution in [0.3, 0.4) is 0 Å². The molecule has 0 spiro atoms. The molecule has 0 aromatic heterocycles. The molecule has 0 fully saturated rings. The van der Waals surface area contributed by atoms with Gasteiger partial charge in [-0.25, -0.2) is 5.43 Å². The second-order valence-corrected chi connectivity index (χ2v) is 6.16. The van der Waals surface area contributed by atoms with Crippen molar-refractivity contribution in [3.63, 3.8) is 0 Å². The van der Waals surface area contributed by atoms with E-state index in [4.69, 9.17) is 4.74 Å². The number of nitrogens with one attached hydrogen (secondary N) is 1. The summed E-state index contributed by atoms with van der Waals surface area (Å²) in [7, 11) is 0. The van der Waals surface area contributed by atoms with Gasteiger partial charge in [0.15, 0.2) is 6.61 Å². The lowest BCUT2D eigenvalue weighted by Gasteiger charge is -2.17. The number of ether oxygens (including phenoxy) is 1. The van der Waals surface area contributed by atoms with E-state index in [2.05, 4.69) is 22.7 Å². The molecule has 1 amide bonds. The Balaban J connectivity index is 1.60. The number of aryl methyl sites for hydroxylation is 3. The predicted octanol–water partition coefficient (Wildman–Crippen LogP) is 3.54. The summed E-state index contributed by atoms with van der Waals surface area (Å²) in [6.07, 6.45) is 3.01. The van der Waals surface area contributed by atoms with Crippen molar-refractivity contribution in [1.82, 2.24) is 5.43 Å². The number of nitrogens with zero attached hydrogens (tertiary/aromatic N) is 1. The highest BCUT2D eigenvalue weighted by molar-refractivity contribution is 6.03. The van der Waals surface area contributed by atoms with E-state index in [-0.39, 0.29) is 12.5 Å². The van der Waals surface area contributed by atoms with Crippen molar-refractivity contribution in [1.29, 1.82) is 0 Å². The molecule has 4 nitrogen and oxygen atoms in total. The van der Waals surface area contributed by atoms with Gasteiger partial charge >= 0.3 is 0 Å². The number of hydrazone groups is 1. The highest BCUT2D eigenvalue weighted by Gasteiger charge is 2.15. The van der Waals surface area contributed by atoms with E-state index >= 15 is 0 Å². The molecule has 2 aromatic carbocycles. The van der Waals surface area contributed by atoms with Gasteiger partial charge < -0.3 is 4.74 Å². The van der Waals surface area contributed by atoms with Gasteiger partial charge in [0, 0.05) is 5.56 Å². The average molecular weight is 322 g/mol. The molecule has 0 bridgehead atoms. The molecule has 24 heavy (non-hydrogen) atoms. The van der Waals surface area contributed by atoms with Crippen LogP contribution in [0.5, 0.6) is 5.75 Å². The fourth-order valence-corrected chi connectivity index (χ4v) is 2.98. The fraction of sp³-hybridized carbons (Fsp3) is 0.300. The molecule has 1 aliphatic carbocycles. The average Bonchev–Trinajstić information content (AvgIpc) is 2.59. The maximum atomic E-state index is 12.0. The zero-order valence-corrected chi connectivity index (χ0v) is 14.1. The molecule has 0 saturated carbocycles. The van der Waals surface area contributed by atoms with Gasteiger partial charge in [-0.1, -0.05) is 42.0 Å². The molecule has 0 atom stereocenters. The normalized spacial score (nSPS) is 15.0. The van der Waals surface area contributed by atoms with Gasteiger partial charge in [0.2, 0.25) is 0 Å². The number of carbonyl (C=O) groups is 1. The molecule has 3 rings (SSSR count). The maximum absolute atomic E-state index is 12.0. The van der Waals surface area contributed by atoms with Crippen LogP contribution in [0.1, 0.15) is 35.1 Å². The molecule has 124 valence electrons. The minimum Gasteiger partial charge on any atom is -0.483 e. The Morgan fingerprint density at radius 3 is 2.83 bits per heavy atom. The predicted molar refractivity (Wildman–Crippen MR) is 95.5 cm³/mol. The van der Waals surface area contributed by atoms with Crippen LogP contribution in [-0.4, -0.2) is 18.2 Å². The Morgan fingerprint density at radius 2 is 2.00 bits per heavy atom. The maximum Gasteiger partial charge on any atom is 0.277 e. The quantitative estimate of drug-likeness (QED) is 0.875. The van der Waals surface area contributed by atoms with Crippen LogP contribution in [0.15, 0.2) is 47.6 Å². The third-order valence-electron chi connectivity index (χ3n) is 4.19. The van der Waals surface area contributed by atoms with E-state index in [1.165, 1.54) is 11.1 Å². The lowest BCUT2D eigenvalue weighted by Crippen LogP contribution is -2.27. The Hall–Kier alpha value is -2.62. The minimum atomic E-state index is -0.245. The van der Waals surface area contributed by atoms with Gasteiger partial charge in [-0.3, -0.25) is 4.79 Å². The van der Waals surface area contributed by atoms with Gasteiger partial charge in [0.1, 0.15) is 5.75 Å². The van der Waals surface area contributed by atoms with Crippen LogP contribution in [0.2, 0.25) is 0 Å². The van der Waals surface area contributed by atoms with Gasteiger partial charge in [0.05, 0.1) is 5.71 Å². The number of carbonyl (C=O) groups excluding carboxylic acids is 1. The first-order valence-electron chi connectivity index (χ1n) is 8.27. The molecule has 2 aromatic rings. The summed E-state index contributed by atoms with van der Waals surface area (Å²) in [4.78, 5) is 12.0. The van der Waals surface area contributed by atoms with E-state index < -0.39 is 0 Å². The number of benzene rings is 2. The zero-order valence-electron chi connectivity index (χ0n) is 14.1. The second kappa shape index (κ2) is 7.30. The third kappa shape index (κ3) is 3.82. The van der Waals surface area contributed by atoms with E-state index in [1.807, 2.05) is 44.2 Å². The van der Waals surface area contributed by atoms with Crippen LogP contribution < -0.4 is 10.2 Å². The molecule has 4 heteroatoms. The number of fused-ring (bicyclic) bond motifs is 1. The number of hydrogen-bond acceptors (Lipinski definition) is 3. The largest absolute Gasteiger partial charge is 0.483 e. The minimum absolute atomic E-state index is 0.0394. The first kappa shape index (κ1) is 16.2. The summed E-state index contributed by atoms with van der Waals surface area (Å²) < 4.78 is 5.58. The van der Waals surface area contributed by atoms with Gasteiger partial charge in [-0.05, 0) is 50.3 Å². The third-order valence-corrected chi connectivity index (χ3v) is 4.19. The van der Waals surface area contributed by atoms with E-state index in [0.29, 0.717) is 0 Å². The first-order chi connectivity index (χ1) is 11.6. The standard InChI is InChI=1S/C20H22N2O2/c1-14-10-11-19(15(2)12-14)24-13-20(23)22-21-18-9-5-7-16-6-3-4-8-17(16)18/h3-4,6,8,10-12H,5,7,9,13H2,1-2H3,(H,22,23)/b21-18-. The van der Waals surface area contributed by atoms with Crippen LogP contribution in [-0.2, 0) is 11.2 Å². The highest BCUT2D eigenvalue weighted by atomic mass is 16.5. The van der Waals surface area contributed by atoms with E-state index in [0.717, 1.165) is 41.9 Å². The van der Waals surface area contributed by atoms with Crippen LogP contribution in [0.25, 0.3) is 0 Å². The fourth-order valence-electron chi connectivity index (χ4n) is 2.98. The van der Waals surface area contributed by atoms with Crippen molar-refractivity contribution in [2.45, 2.75) is 33.1 Å². The molecule has 0 radical (unpaired) electrons. The zero-order chi connectivity index (χ0) is 16.9.